The van der Waals surface area contributed by atoms with E-state index in [1.807, 2.05) is 30.9 Å². The van der Waals surface area contributed by atoms with Crippen LogP contribution < -0.4 is 0 Å². The fourth-order valence-corrected chi connectivity index (χ4v) is 1.70. The third kappa shape index (κ3) is 1.16. The first-order valence-corrected chi connectivity index (χ1v) is 4.86. The topological polar surface area (TPSA) is 25.8 Å². The predicted octanol–water partition coefficient (Wildman–Crippen LogP) is 2.35. The SMILES string of the molecule is CSc1cncc2ccncc12. The van der Waals surface area contributed by atoms with Gasteiger partial charge in [0.15, 0.2) is 0 Å². The quantitative estimate of drug-likeness (QED) is 0.624. The summed E-state index contributed by atoms with van der Waals surface area (Å²) in [5, 5.41) is 2.33. The Morgan fingerprint density at radius 1 is 1.17 bits per heavy atom. The van der Waals surface area contributed by atoms with Crippen LogP contribution >= 0.6 is 11.8 Å². The van der Waals surface area contributed by atoms with Crippen LogP contribution in [0.5, 0.6) is 0 Å². The van der Waals surface area contributed by atoms with Crippen molar-refractivity contribution >= 4 is 22.5 Å². The lowest BCUT2D eigenvalue weighted by molar-refractivity contribution is 1.26. The molecule has 2 nitrogen and oxygen atoms in total. The van der Waals surface area contributed by atoms with Gasteiger partial charge in [0.2, 0.25) is 0 Å². The lowest BCUT2D eigenvalue weighted by Gasteiger charge is -2.00. The molecular formula is C9H8N2S. The smallest absolute Gasteiger partial charge is 0.0410 e. The minimum Gasteiger partial charge on any atom is -0.264 e. The molecule has 0 unspecified atom stereocenters. The summed E-state index contributed by atoms with van der Waals surface area (Å²) in [6.07, 6.45) is 9.44. The number of aromatic nitrogens is 2. The minimum atomic E-state index is 1.15. The molecule has 12 heavy (non-hydrogen) atoms. The largest absolute Gasteiger partial charge is 0.264 e. The number of nitrogens with zero attached hydrogens (tertiary/aromatic N) is 2. The third-order valence-electron chi connectivity index (χ3n) is 1.75. The van der Waals surface area contributed by atoms with Gasteiger partial charge < -0.3 is 0 Å². The molecule has 0 N–H and O–H groups in total. The van der Waals surface area contributed by atoms with Gasteiger partial charge in [-0.1, -0.05) is 0 Å². The van der Waals surface area contributed by atoms with Gasteiger partial charge in [0.1, 0.15) is 0 Å². The number of hydrogen-bond acceptors (Lipinski definition) is 3. The maximum atomic E-state index is 4.14. The number of thioether (sulfide) groups is 1. The molecule has 0 aliphatic heterocycles. The summed E-state index contributed by atoms with van der Waals surface area (Å²) in [7, 11) is 0. The minimum absolute atomic E-state index is 1.15. The molecule has 60 valence electrons. The molecule has 0 aromatic carbocycles. The first-order chi connectivity index (χ1) is 5.92. The fraction of sp³-hybridized carbons (Fsp3) is 0.111. The third-order valence-corrected chi connectivity index (χ3v) is 2.51. The van der Waals surface area contributed by atoms with E-state index in [2.05, 4.69) is 9.97 Å². The van der Waals surface area contributed by atoms with Crippen LogP contribution in [0.15, 0.2) is 35.7 Å². The number of hydrogen-bond donors (Lipinski definition) is 0. The van der Waals surface area contributed by atoms with E-state index in [1.165, 1.54) is 10.3 Å². The van der Waals surface area contributed by atoms with E-state index < -0.39 is 0 Å². The van der Waals surface area contributed by atoms with E-state index >= 15 is 0 Å². The molecular weight excluding hydrogens is 168 g/mol. The van der Waals surface area contributed by atoms with Crippen molar-refractivity contribution in [2.75, 3.05) is 6.26 Å². The summed E-state index contributed by atoms with van der Waals surface area (Å²) >= 11 is 1.70. The first-order valence-electron chi connectivity index (χ1n) is 3.63. The summed E-state index contributed by atoms with van der Waals surface area (Å²) < 4.78 is 0. The van der Waals surface area contributed by atoms with E-state index in [-0.39, 0.29) is 0 Å². The molecule has 0 saturated heterocycles. The Morgan fingerprint density at radius 3 is 2.92 bits per heavy atom. The van der Waals surface area contributed by atoms with Crippen LogP contribution in [0.4, 0.5) is 0 Å². The highest BCUT2D eigenvalue weighted by Crippen LogP contribution is 2.23. The lowest BCUT2D eigenvalue weighted by Crippen LogP contribution is -1.80. The number of pyridine rings is 2. The maximum absolute atomic E-state index is 4.14. The summed E-state index contributed by atoms with van der Waals surface area (Å²) in [4.78, 5) is 9.40. The summed E-state index contributed by atoms with van der Waals surface area (Å²) in [5.74, 6) is 0. The van der Waals surface area contributed by atoms with Crippen molar-refractivity contribution in [3.8, 4) is 0 Å². The molecule has 2 heterocycles. The zero-order valence-electron chi connectivity index (χ0n) is 6.69. The number of rotatable bonds is 1. The van der Waals surface area contributed by atoms with Gasteiger partial charge in [0, 0.05) is 40.5 Å². The van der Waals surface area contributed by atoms with Crippen LogP contribution in [0.3, 0.4) is 0 Å². The van der Waals surface area contributed by atoms with Gasteiger partial charge in [-0.05, 0) is 12.3 Å². The molecule has 0 amide bonds. The van der Waals surface area contributed by atoms with Gasteiger partial charge in [-0.2, -0.15) is 0 Å². The molecule has 3 heteroatoms. The Bertz CT molecular complexity index is 395. The normalized spacial score (nSPS) is 10.4. The summed E-state index contributed by atoms with van der Waals surface area (Å²) in [5.41, 5.74) is 0. The molecule has 0 aliphatic carbocycles. The lowest BCUT2D eigenvalue weighted by atomic mass is 10.2. The highest BCUT2D eigenvalue weighted by atomic mass is 32.2. The van der Waals surface area contributed by atoms with Gasteiger partial charge in [0.05, 0.1) is 0 Å². The van der Waals surface area contributed by atoms with Crippen molar-refractivity contribution in [2.45, 2.75) is 4.90 Å². The second-order valence-corrected chi connectivity index (χ2v) is 3.29. The van der Waals surface area contributed by atoms with Gasteiger partial charge in [-0.3, -0.25) is 9.97 Å². The van der Waals surface area contributed by atoms with E-state index in [0.717, 1.165) is 5.39 Å². The highest BCUT2D eigenvalue weighted by Gasteiger charge is 1.98. The Kier molecular flexibility index (Phi) is 1.96. The molecule has 0 fully saturated rings. The molecule has 0 saturated carbocycles. The van der Waals surface area contributed by atoms with Crippen LogP contribution in [-0.4, -0.2) is 16.2 Å². The average molecular weight is 176 g/mol. The summed E-state index contributed by atoms with van der Waals surface area (Å²) in [6.45, 7) is 0. The van der Waals surface area contributed by atoms with Crippen molar-refractivity contribution in [1.29, 1.82) is 0 Å². The van der Waals surface area contributed by atoms with Gasteiger partial charge in [-0.15, -0.1) is 11.8 Å². The standard InChI is InChI=1S/C9H8N2S/c1-12-9-6-11-4-7-2-3-10-5-8(7)9/h2-6H,1H3. The van der Waals surface area contributed by atoms with Crippen LogP contribution in [0, 0.1) is 0 Å². The Morgan fingerprint density at radius 2 is 2.08 bits per heavy atom. The summed E-state index contributed by atoms with van der Waals surface area (Å²) in [6, 6.07) is 1.97. The molecule has 0 spiro atoms. The van der Waals surface area contributed by atoms with Gasteiger partial charge in [0.25, 0.3) is 0 Å². The van der Waals surface area contributed by atoms with Crippen LogP contribution in [0.2, 0.25) is 0 Å². The number of fused-ring (bicyclic) bond motifs is 1. The fourth-order valence-electron chi connectivity index (χ4n) is 1.14. The first kappa shape index (κ1) is 7.55. The Labute approximate surface area is 75.0 Å². The zero-order valence-corrected chi connectivity index (χ0v) is 7.51. The molecule has 2 aromatic heterocycles. The molecule has 2 aromatic rings. The average Bonchev–Trinajstić information content (AvgIpc) is 2.17. The van der Waals surface area contributed by atoms with Crippen LogP contribution in [0.1, 0.15) is 0 Å². The van der Waals surface area contributed by atoms with Gasteiger partial charge >= 0.3 is 0 Å². The van der Waals surface area contributed by atoms with Crippen molar-refractivity contribution < 1.29 is 0 Å². The van der Waals surface area contributed by atoms with E-state index in [0.29, 0.717) is 0 Å². The zero-order chi connectivity index (χ0) is 8.39. The van der Waals surface area contributed by atoms with Crippen molar-refractivity contribution in [3.05, 3.63) is 30.9 Å². The van der Waals surface area contributed by atoms with Crippen LogP contribution in [-0.2, 0) is 0 Å². The molecule has 2 rings (SSSR count). The molecule has 0 aliphatic rings. The van der Waals surface area contributed by atoms with E-state index in [1.54, 1.807) is 18.0 Å². The Balaban J connectivity index is 2.79. The van der Waals surface area contributed by atoms with Crippen LogP contribution in [0.25, 0.3) is 10.8 Å². The second kappa shape index (κ2) is 3.11. The highest BCUT2D eigenvalue weighted by molar-refractivity contribution is 7.98. The molecule has 0 bridgehead atoms. The van der Waals surface area contributed by atoms with Crippen molar-refractivity contribution in [1.82, 2.24) is 9.97 Å². The van der Waals surface area contributed by atoms with E-state index in [9.17, 15) is 0 Å². The van der Waals surface area contributed by atoms with Crippen molar-refractivity contribution in [2.24, 2.45) is 0 Å². The monoisotopic (exact) mass is 176 g/mol. The molecule has 0 radical (unpaired) electrons. The maximum Gasteiger partial charge on any atom is 0.0410 e. The Hall–Kier alpha value is -1.09. The second-order valence-electron chi connectivity index (χ2n) is 2.44. The van der Waals surface area contributed by atoms with Crippen molar-refractivity contribution in [3.63, 3.8) is 0 Å². The van der Waals surface area contributed by atoms with E-state index in [4.69, 9.17) is 0 Å². The van der Waals surface area contributed by atoms with Gasteiger partial charge in [-0.25, -0.2) is 0 Å². The molecule has 0 atom stereocenters. The predicted molar refractivity (Wildman–Crippen MR) is 51.3 cm³/mol.